The minimum absolute atomic E-state index is 0.322. The van der Waals surface area contributed by atoms with Crippen LogP contribution < -0.4 is 5.32 Å². The first-order chi connectivity index (χ1) is 9.45. The summed E-state index contributed by atoms with van der Waals surface area (Å²) in [6.45, 7) is 0.947. The van der Waals surface area contributed by atoms with E-state index in [9.17, 15) is 5.11 Å². The molecule has 0 saturated heterocycles. The second-order valence-electron chi connectivity index (χ2n) is 4.01. The van der Waals surface area contributed by atoms with Crippen molar-refractivity contribution in [2.45, 2.75) is 6.42 Å². The molecule has 0 saturated carbocycles. The van der Waals surface area contributed by atoms with Gasteiger partial charge in [0.1, 0.15) is 5.75 Å². The van der Waals surface area contributed by atoms with Crippen LogP contribution in [0.15, 0.2) is 24.4 Å². The molecule has 7 nitrogen and oxygen atoms in total. The van der Waals surface area contributed by atoms with E-state index in [0.29, 0.717) is 5.75 Å². The molecule has 108 valence electrons. The number of rotatable bonds is 3. The van der Waals surface area contributed by atoms with Gasteiger partial charge in [-0.1, -0.05) is 0 Å². The Morgan fingerprint density at radius 2 is 1.90 bits per heavy atom. The summed E-state index contributed by atoms with van der Waals surface area (Å²) in [6, 6.07) is 5.39. The van der Waals surface area contributed by atoms with Gasteiger partial charge in [-0.15, -0.1) is 0 Å². The molecule has 0 atom stereocenters. The number of carboxylic acid groups (broad SMARTS) is 2. The van der Waals surface area contributed by atoms with Crippen molar-refractivity contribution in [1.82, 2.24) is 10.3 Å². The number of carbonyl (C=O) groups is 2. The summed E-state index contributed by atoms with van der Waals surface area (Å²) < 4.78 is 0. The van der Waals surface area contributed by atoms with Crippen LogP contribution in [0.1, 0.15) is 5.56 Å². The van der Waals surface area contributed by atoms with E-state index in [-0.39, 0.29) is 0 Å². The standard InChI is InChI=1S/C11H14N2O.C2H2O4/c1-12-5-4-8-7-13-11-3-2-9(14)6-10(8)11;3-1(4)2(5)6/h2-3,6-7,12-14H,4-5H2,1H3;(H,3,4)(H,5,6). The quantitative estimate of drug-likeness (QED) is 0.530. The number of hydrogen-bond acceptors (Lipinski definition) is 4. The third kappa shape index (κ3) is 4.29. The van der Waals surface area contributed by atoms with Gasteiger partial charge in [-0.25, -0.2) is 9.59 Å². The molecule has 1 aromatic carbocycles. The Labute approximate surface area is 114 Å². The van der Waals surface area contributed by atoms with Crippen molar-refractivity contribution in [2.24, 2.45) is 0 Å². The number of aromatic hydroxyl groups is 1. The fraction of sp³-hybridized carbons (Fsp3) is 0.231. The Balaban J connectivity index is 0.000000286. The molecule has 0 aliphatic rings. The van der Waals surface area contributed by atoms with Gasteiger partial charge in [0.15, 0.2) is 0 Å². The molecule has 7 heteroatoms. The van der Waals surface area contributed by atoms with Gasteiger partial charge in [0, 0.05) is 17.1 Å². The summed E-state index contributed by atoms with van der Waals surface area (Å²) in [5.74, 6) is -3.33. The highest BCUT2D eigenvalue weighted by Crippen LogP contribution is 2.22. The fourth-order valence-electron chi connectivity index (χ4n) is 1.63. The summed E-state index contributed by atoms with van der Waals surface area (Å²) in [7, 11) is 1.94. The molecule has 2 rings (SSSR count). The van der Waals surface area contributed by atoms with E-state index in [4.69, 9.17) is 19.8 Å². The van der Waals surface area contributed by atoms with Crippen molar-refractivity contribution in [1.29, 1.82) is 0 Å². The van der Waals surface area contributed by atoms with Crippen LogP contribution in [0.2, 0.25) is 0 Å². The third-order valence-electron chi connectivity index (χ3n) is 2.58. The van der Waals surface area contributed by atoms with Crippen LogP contribution in [0.4, 0.5) is 0 Å². The smallest absolute Gasteiger partial charge is 0.414 e. The van der Waals surface area contributed by atoms with Gasteiger partial charge in [-0.2, -0.15) is 0 Å². The molecule has 5 N–H and O–H groups in total. The molecular formula is C13H16N2O5. The molecule has 0 bridgehead atoms. The largest absolute Gasteiger partial charge is 0.508 e. The lowest BCUT2D eigenvalue weighted by Gasteiger charge is -1.98. The van der Waals surface area contributed by atoms with Crippen LogP contribution in [-0.2, 0) is 16.0 Å². The molecule has 1 aromatic heterocycles. The molecule has 20 heavy (non-hydrogen) atoms. The fourth-order valence-corrected chi connectivity index (χ4v) is 1.63. The van der Waals surface area contributed by atoms with Gasteiger partial charge in [0.05, 0.1) is 0 Å². The number of fused-ring (bicyclic) bond motifs is 1. The zero-order valence-corrected chi connectivity index (χ0v) is 10.9. The lowest BCUT2D eigenvalue weighted by atomic mass is 10.1. The topological polar surface area (TPSA) is 123 Å². The van der Waals surface area contributed by atoms with Gasteiger partial charge in [0.25, 0.3) is 0 Å². The van der Waals surface area contributed by atoms with Gasteiger partial charge < -0.3 is 25.6 Å². The maximum Gasteiger partial charge on any atom is 0.414 e. The minimum Gasteiger partial charge on any atom is -0.508 e. The number of phenols is 1. The molecule has 2 aromatic rings. The van der Waals surface area contributed by atoms with Crippen LogP contribution in [0, 0.1) is 0 Å². The maximum absolute atomic E-state index is 9.37. The van der Waals surface area contributed by atoms with E-state index in [0.717, 1.165) is 23.9 Å². The van der Waals surface area contributed by atoms with Crippen LogP contribution in [0.3, 0.4) is 0 Å². The number of phenolic OH excluding ortho intramolecular Hbond substituents is 1. The first-order valence-corrected chi connectivity index (χ1v) is 5.85. The summed E-state index contributed by atoms with van der Waals surface area (Å²) >= 11 is 0. The lowest BCUT2D eigenvalue weighted by molar-refractivity contribution is -0.159. The van der Waals surface area contributed by atoms with Gasteiger partial charge in [0.2, 0.25) is 0 Å². The molecule has 0 aliphatic heterocycles. The second kappa shape index (κ2) is 7.15. The number of aliphatic carboxylic acids is 2. The van der Waals surface area contributed by atoms with E-state index >= 15 is 0 Å². The van der Waals surface area contributed by atoms with E-state index < -0.39 is 11.9 Å². The highest BCUT2D eigenvalue weighted by Gasteiger charge is 2.04. The van der Waals surface area contributed by atoms with E-state index in [1.54, 1.807) is 12.1 Å². The molecule has 0 unspecified atom stereocenters. The van der Waals surface area contributed by atoms with Gasteiger partial charge in [-0.05, 0) is 43.8 Å². The number of benzene rings is 1. The van der Waals surface area contributed by atoms with Crippen molar-refractivity contribution in [2.75, 3.05) is 13.6 Å². The summed E-state index contributed by atoms with van der Waals surface area (Å²) in [4.78, 5) is 21.4. The SMILES string of the molecule is CNCCc1c[nH]c2ccc(O)cc12.O=C(O)C(=O)O. The molecule has 0 fully saturated rings. The van der Waals surface area contributed by atoms with Crippen molar-refractivity contribution in [3.63, 3.8) is 0 Å². The van der Waals surface area contributed by atoms with E-state index in [1.807, 2.05) is 19.3 Å². The number of likely N-dealkylation sites (N-methyl/N-ethyl adjacent to an activating group) is 1. The zero-order chi connectivity index (χ0) is 15.1. The van der Waals surface area contributed by atoms with Crippen molar-refractivity contribution in [3.05, 3.63) is 30.0 Å². The Morgan fingerprint density at radius 1 is 1.25 bits per heavy atom. The first-order valence-electron chi connectivity index (χ1n) is 5.85. The average Bonchev–Trinajstić information content (AvgIpc) is 2.79. The predicted molar refractivity (Wildman–Crippen MR) is 72.9 cm³/mol. The normalized spacial score (nSPS) is 9.85. The number of nitrogens with one attached hydrogen (secondary N) is 2. The van der Waals surface area contributed by atoms with E-state index in [2.05, 4.69) is 10.3 Å². The number of aromatic amines is 1. The summed E-state index contributed by atoms with van der Waals surface area (Å²) in [6.07, 6.45) is 2.97. The highest BCUT2D eigenvalue weighted by atomic mass is 16.4. The van der Waals surface area contributed by atoms with Crippen molar-refractivity contribution >= 4 is 22.8 Å². The monoisotopic (exact) mass is 280 g/mol. The average molecular weight is 280 g/mol. The van der Waals surface area contributed by atoms with Crippen LogP contribution >= 0.6 is 0 Å². The first kappa shape index (κ1) is 15.5. The lowest BCUT2D eigenvalue weighted by Crippen LogP contribution is -2.09. The molecule has 0 spiro atoms. The zero-order valence-electron chi connectivity index (χ0n) is 10.9. The molecule has 0 aliphatic carbocycles. The highest BCUT2D eigenvalue weighted by molar-refractivity contribution is 6.27. The second-order valence-corrected chi connectivity index (χ2v) is 4.01. The minimum atomic E-state index is -1.82. The van der Waals surface area contributed by atoms with Gasteiger partial charge >= 0.3 is 11.9 Å². The number of aromatic nitrogens is 1. The number of carboxylic acids is 2. The van der Waals surface area contributed by atoms with Crippen LogP contribution in [-0.4, -0.2) is 45.8 Å². The van der Waals surface area contributed by atoms with Crippen molar-refractivity contribution in [3.8, 4) is 5.75 Å². The van der Waals surface area contributed by atoms with Crippen molar-refractivity contribution < 1.29 is 24.9 Å². The Kier molecular flexibility index (Phi) is 5.55. The maximum atomic E-state index is 9.37. The van der Waals surface area contributed by atoms with Crippen LogP contribution in [0.5, 0.6) is 5.75 Å². The third-order valence-corrected chi connectivity index (χ3v) is 2.58. The van der Waals surface area contributed by atoms with Crippen LogP contribution in [0.25, 0.3) is 10.9 Å². The molecule has 0 radical (unpaired) electrons. The van der Waals surface area contributed by atoms with Gasteiger partial charge in [-0.3, -0.25) is 0 Å². The predicted octanol–water partition coefficient (Wildman–Crippen LogP) is 0.791. The Morgan fingerprint density at radius 3 is 2.45 bits per heavy atom. The Hall–Kier alpha value is -2.54. The number of H-pyrrole nitrogens is 1. The molecule has 0 amide bonds. The molecular weight excluding hydrogens is 264 g/mol. The Bertz CT molecular complexity index is 594. The summed E-state index contributed by atoms with van der Waals surface area (Å²) in [5, 5.41) is 28.4. The molecule has 1 heterocycles. The van der Waals surface area contributed by atoms with E-state index in [1.165, 1.54) is 5.56 Å². The summed E-state index contributed by atoms with van der Waals surface area (Å²) in [5.41, 5.74) is 2.32. The number of hydrogen-bond donors (Lipinski definition) is 5.